The number of para-hydroxylation sites is 1. The Bertz CT molecular complexity index is 543. The first-order valence-electron chi connectivity index (χ1n) is 6.57. The van der Waals surface area contributed by atoms with Gasteiger partial charge in [0.05, 0.1) is 5.52 Å². The van der Waals surface area contributed by atoms with E-state index < -0.39 is 0 Å². The Morgan fingerprint density at radius 3 is 2.83 bits per heavy atom. The first kappa shape index (κ1) is 11.6. The van der Waals surface area contributed by atoms with Gasteiger partial charge in [0, 0.05) is 30.2 Å². The van der Waals surface area contributed by atoms with Crippen LogP contribution in [0.2, 0.25) is 0 Å². The van der Waals surface area contributed by atoms with E-state index in [0.717, 1.165) is 5.52 Å². The molecule has 1 aromatic heterocycles. The van der Waals surface area contributed by atoms with Crippen molar-refractivity contribution >= 4 is 10.9 Å². The first-order chi connectivity index (χ1) is 8.81. The van der Waals surface area contributed by atoms with Gasteiger partial charge in [0.15, 0.2) is 0 Å². The number of likely N-dealkylation sites (N-methyl/N-ethyl adjacent to an activating group) is 1. The Kier molecular flexibility index (Phi) is 3.02. The van der Waals surface area contributed by atoms with Gasteiger partial charge in [-0.1, -0.05) is 24.3 Å². The fourth-order valence-electron chi connectivity index (χ4n) is 2.65. The van der Waals surface area contributed by atoms with Crippen molar-refractivity contribution in [2.24, 2.45) is 5.73 Å². The van der Waals surface area contributed by atoms with E-state index in [1.54, 1.807) is 0 Å². The number of benzene rings is 1. The van der Waals surface area contributed by atoms with Crippen LogP contribution < -0.4 is 5.73 Å². The van der Waals surface area contributed by atoms with Gasteiger partial charge in [0.25, 0.3) is 0 Å². The summed E-state index contributed by atoms with van der Waals surface area (Å²) in [6, 6.07) is 11.4. The van der Waals surface area contributed by atoms with Crippen molar-refractivity contribution in [3.63, 3.8) is 0 Å². The molecule has 1 fully saturated rings. The SMILES string of the molecule is CN(C1CC1)C(CN)c1cccc2cccnc12. The highest BCUT2D eigenvalue weighted by Crippen LogP contribution is 2.34. The van der Waals surface area contributed by atoms with Crippen LogP contribution in [0, 0.1) is 0 Å². The maximum absolute atomic E-state index is 5.99. The molecule has 0 aliphatic heterocycles. The Morgan fingerprint density at radius 1 is 1.33 bits per heavy atom. The Hall–Kier alpha value is -1.45. The fraction of sp³-hybridized carbons (Fsp3) is 0.400. The average molecular weight is 241 g/mol. The molecule has 0 amide bonds. The predicted octanol–water partition coefficient (Wildman–Crippen LogP) is 2.33. The molecule has 0 saturated heterocycles. The summed E-state index contributed by atoms with van der Waals surface area (Å²) in [5, 5.41) is 1.19. The van der Waals surface area contributed by atoms with Gasteiger partial charge in [0.2, 0.25) is 0 Å². The molecular weight excluding hydrogens is 222 g/mol. The van der Waals surface area contributed by atoms with E-state index in [2.05, 4.69) is 41.2 Å². The number of aromatic nitrogens is 1. The molecule has 1 aliphatic rings. The Balaban J connectivity index is 2.05. The van der Waals surface area contributed by atoms with Gasteiger partial charge >= 0.3 is 0 Å². The summed E-state index contributed by atoms with van der Waals surface area (Å²) in [7, 11) is 2.18. The van der Waals surface area contributed by atoms with Gasteiger partial charge in [0.1, 0.15) is 0 Å². The summed E-state index contributed by atoms with van der Waals surface area (Å²) in [6.45, 7) is 0.642. The molecule has 1 saturated carbocycles. The van der Waals surface area contributed by atoms with Gasteiger partial charge in [-0.25, -0.2) is 0 Å². The smallest absolute Gasteiger partial charge is 0.0750 e. The van der Waals surface area contributed by atoms with E-state index in [4.69, 9.17) is 5.73 Å². The topological polar surface area (TPSA) is 42.1 Å². The molecule has 0 radical (unpaired) electrons. The van der Waals surface area contributed by atoms with Crippen molar-refractivity contribution in [3.05, 3.63) is 42.1 Å². The van der Waals surface area contributed by atoms with Crippen LogP contribution in [0.15, 0.2) is 36.5 Å². The first-order valence-corrected chi connectivity index (χ1v) is 6.57. The third-order valence-electron chi connectivity index (χ3n) is 3.86. The monoisotopic (exact) mass is 241 g/mol. The number of hydrogen-bond donors (Lipinski definition) is 1. The van der Waals surface area contributed by atoms with Crippen LogP contribution in [0.1, 0.15) is 24.4 Å². The van der Waals surface area contributed by atoms with Crippen LogP contribution in [0.5, 0.6) is 0 Å². The summed E-state index contributed by atoms with van der Waals surface area (Å²) in [5.41, 5.74) is 8.33. The molecule has 2 N–H and O–H groups in total. The molecule has 3 nitrogen and oxygen atoms in total. The highest BCUT2D eigenvalue weighted by Gasteiger charge is 2.31. The molecular formula is C15H19N3. The zero-order chi connectivity index (χ0) is 12.5. The molecule has 1 heterocycles. The lowest BCUT2D eigenvalue weighted by Crippen LogP contribution is -2.32. The molecule has 1 aliphatic carbocycles. The van der Waals surface area contributed by atoms with Crippen molar-refractivity contribution in [1.82, 2.24) is 9.88 Å². The number of fused-ring (bicyclic) bond motifs is 1. The van der Waals surface area contributed by atoms with Crippen molar-refractivity contribution in [2.45, 2.75) is 24.9 Å². The van der Waals surface area contributed by atoms with Crippen molar-refractivity contribution in [3.8, 4) is 0 Å². The van der Waals surface area contributed by atoms with Gasteiger partial charge in [-0.2, -0.15) is 0 Å². The van der Waals surface area contributed by atoms with E-state index in [1.165, 1.54) is 23.8 Å². The van der Waals surface area contributed by atoms with Crippen molar-refractivity contribution in [1.29, 1.82) is 0 Å². The van der Waals surface area contributed by atoms with Crippen LogP contribution in [-0.4, -0.2) is 29.5 Å². The molecule has 1 unspecified atom stereocenters. The number of rotatable bonds is 4. The van der Waals surface area contributed by atoms with Crippen molar-refractivity contribution < 1.29 is 0 Å². The maximum Gasteiger partial charge on any atom is 0.0750 e. The minimum absolute atomic E-state index is 0.274. The minimum Gasteiger partial charge on any atom is -0.329 e. The second kappa shape index (κ2) is 4.67. The third kappa shape index (κ3) is 2.00. The van der Waals surface area contributed by atoms with E-state index in [1.807, 2.05) is 12.3 Å². The Morgan fingerprint density at radius 2 is 2.11 bits per heavy atom. The fourth-order valence-corrected chi connectivity index (χ4v) is 2.65. The summed E-state index contributed by atoms with van der Waals surface area (Å²) in [5.74, 6) is 0. The molecule has 3 rings (SSSR count). The van der Waals surface area contributed by atoms with E-state index >= 15 is 0 Å². The van der Waals surface area contributed by atoms with E-state index in [-0.39, 0.29) is 6.04 Å². The predicted molar refractivity (Wildman–Crippen MR) is 74.3 cm³/mol. The number of pyridine rings is 1. The van der Waals surface area contributed by atoms with E-state index in [0.29, 0.717) is 12.6 Å². The number of nitrogens with zero attached hydrogens (tertiary/aromatic N) is 2. The Labute approximate surface area is 108 Å². The van der Waals surface area contributed by atoms with Crippen LogP contribution in [0.4, 0.5) is 0 Å². The van der Waals surface area contributed by atoms with Crippen LogP contribution in [0.25, 0.3) is 10.9 Å². The normalized spacial score (nSPS) is 17.3. The number of hydrogen-bond acceptors (Lipinski definition) is 3. The van der Waals surface area contributed by atoms with Crippen LogP contribution >= 0.6 is 0 Å². The van der Waals surface area contributed by atoms with Gasteiger partial charge in [-0.15, -0.1) is 0 Å². The lowest BCUT2D eigenvalue weighted by atomic mass is 10.0. The van der Waals surface area contributed by atoms with Crippen LogP contribution in [0.3, 0.4) is 0 Å². The maximum atomic E-state index is 5.99. The summed E-state index contributed by atoms with van der Waals surface area (Å²) >= 11 is 0. The molecule has 0 bridgehead atoms. The molecule has 1 aromatic carbocycles. The van der Waals surface area contributed by atoms with Crippen LogP contribution in [-0.2, 0) is 0 Å². The minimum atomic E-state index is 0.274. The second-order valence-electron chi connectivity index (χ2n) is 5.07. The quantitative estimate of drug-likeness (QED) is 0.893. The molecule has 2 aromatic rings. The summed E-state index contributed by atoms with van der Waals surface area (Å²) < 4.78 is 0. The lowest BCUT2D eigenvalue weighted by molar-refractivity contribution is 0.241. The van der Waals surface area contributed by atoms with E-state index in [9.17, 15) is 0 Å². The van der Waals surface area contributed by atoms with Crippen molar-refractivity contribution in [2.75, 3.05) is 13.6 Å². The summed E-state index contributed by atoms with van der Waals surface area (Å²) in [6.07, 6.45) is 4.45. The standard InChI is InChI=1S/C15H19N3/c1-18(12-7-8-12)14(10-16)13-6-2-4-11-5-3-9-17-15(11)13/h2-6,9,12,14H,7-8,10,16H2,1H3. The third-order valence-corrected chi connectivity index (χ3v) is 3.86. The largest absolute Gasteiger partial charge is 0.329 e. The molecule has 18 heavy (non-hydrogen) atoms. The molecule has 3 heteroatoms. The second-order valence-corrected chi connectivity index (χ2v) is 5.07. The summed E-state index contributed by atoms with van der Waals surface area (Å²) in [4.78, 5) is 6.94. The van der Waals surface area contributed by atoms with Gasteiger partial charge < -0.3 is 5.73 Å². The molecule has 0 spiro atoms. The number of nitrogens with two attached hydrogens (primary N) is 1. The van der Waals surface area contributed by atoms with Gasteiger partial charge in [-0.3, -0.25) is 9.88 Å². The average Bonchev–Trinajstić information content (AvgIpc) is 3.24. The zero-order valence-corrected chi connectivity index (χ0v) is 10.7. The highest BCUT2D eigenvalue weighted by molar-refractivity contribution is 5.82. The molecule has 94 valence electrons. The van der Waals surface area contributed by atoms with Gasteiger partial charge in [-0.05, 0) is 31.5 Å². The zero-order valence-electron chi connectivity index (χ0n) is 10.7. The highest BCUT2D eigenvalue weighted by atomic mass is 15.2. The molecule has 1 atom stereocenters. The lowest BCUT2D eigenvalue weighted by Gasteiger charge is -2.27.